The van der Waals surface area contributed by atoms with Gasteiger partial charge >= 0.3 is 0 Å². The van der Waals surface area contributed by atoms with Gasteiger partial charge in [0.05, 0.1) is 16.8 Å². The smallest absolute Gasteiger partial charge is 0.300 e. The average Bonchev–Trinajstić information content (AvgIpc) is 3.76. The number of nitrogens with zero attached hydrogens (tertiary/aromatic N) is 1. The van der Waals surface area contributed by atoms with Crippen LogP contribution in [0.25, 0.3) is 23.1 Å². The molecule has 4 nitrogen and oxygen atoms in total. The number of pyridine rings is 1. The first kappa shape index (κ1) is 30.8. The fourth-order valence-corrected chi connectivity index (χ4v) is 6.38. The van der Waals surface area contributed by atoms with Crippen molar-refractivity contribution < 1.29 is 15.0 Å². The van der Waals surface area contributed by atoms with Gasteiger partial charge in [-0.2, -0.15) is 11.8 Å². The number of halogens is 1. The van der Waals surface area contributed by atoms with Crippen LogP contribution in [0.15, 0.2) is 78.9 Å². The van der Waals surface area contributed by atoms with Crippen LogP contribution in [0.5, 0.6) is 0 Å². The van der Waals surface area contributed by atoms with Crippen LogP contribution < -0.4 is 0 Å². The lowest BCUT2D eigenvalue weighted by atomic mass is 9.90. The highest BCUT2D eigenvalue weighted by Crippen LogP contribution is 2.41. The molecule has 0 amide bonds. The molecule has 1 heterocycles. The summed E-state index contributed by atoms with van der Waals surface area (Å²) in [5.74, 6) is 1.27. The Balaban J connectivity index is 0.000000909. The third-order valence-electron chi connectivity index (χ3n) is 6.99. The first-order chi connectivity index (χ1) is 19.6. The zero-order chi connectivity index (χ0) is 29.4. The Kier molecular flexibility index (Phi) is 10.7. The van der Waals surface area contributed by atoms with Gasteiger partial charge in [-0.3, -0.25) is 4.79 Å². The second kappa shape index (κ2) is 14.2. The van der Waals surface area contributed by atoms with Gasteiger partial charge in [-0.25, -0.2) is 4.98 Å². The average molecular weight is 588 g/mol. The molecule has 0 radical (unpaired) electrons. The number of carboxylic acids is 1. The number of hydrogen-bond acceptors (Lipinski definition) is 4. The molecular formula is C35H38ClNO3S. The highest BCUT2D eigenvalue weighted by atomic mass is 35.5. The van der Waals surface area contributed by atoms with Crippen LogP contribution in [0, 0.1) is 5.92 Å². The highest BCUT2D eigenvalue weighted by molar-refractivity contribution is 7.99. The van der Waals surface area contributed by atoms with Crippen molar-refractivity contribution in [2.24, 2.45) is 5.92 Å². The minimum absolute atomic E-state index is 0.421. The largest absolute Gasteiger partial charge is 0.481 e. The Hall–Kier alpha value is -3.12. The lowest BCUT2D eigenvalue weighted by molar-refractivity contribution is -0.134. The predicted molar refractivity (Wildman–Crippen MR) is 173 cm³/mol. The van der Waals surface area contributed by atoms with Crippen molar-refractivity contribution in [1.29, 1.82) is 0 Å². The Morgan fingerprint density at radius 1 is 1.05 bits per heavy atom. The van der Waals surface area contributed by atoms with Crippen molar-refractivity contribution >= 4 is 52.4 Å². The maximum atomic E-state index is 10.7. The van der Waals surface area contributed by atoms with E-state index in [0.717, 1.165) is 47.8 Å². The molecule has 1 fully saturated rings. The molecule has 3 aromatic carbocycles. The summed E-state index contributed by atoms with van der Waals surface area (Å²) in [5, 5.41) is 20.3. The third kappa shape index (κ3) is 9.74. The topological polar surface area (TPSA) is 70.4 Å². The highest BCUT2D eigenvalue weighted by Gasteiger charge is 2.25. The van der Waals surface area contributed by atoms with Gasteiger partial charge in [0, 0.05) is 22.6 Å². The van der Waals surface area contributed by atoms with Crippen LogP contribution in [-0.2, 0) is 16.8 Å². The quantitative estimate of drug-likeness (QED) is 0.193. The maximum absolute atomic E-state index is 10.7. The summed E-state index contributed by atoms with van der Waals surface area (Å²) in [6.07, 6.45) is 8.96. The number of benzene rings is 3. The molecule has 41 heavy (non-hydrogen) atoms. The normalized spacial score (nSPS) is 14.1. The minimum atomic E-state index is -0.833. The first-order valence-corrected chi connectivity index (χ1v) is 15.5. The van der Waals surface area contributed by atoms with E-state index in [0.29, 0.717) is 10.3 Å². The number of hydrogen-bond donors (Lipinski definition) is 2. The van der Waals surface area contributed by atoms with Crippen molar-refractivity contribution in [3.8, 4) is 0 Å². The number of carbonyl (C=O) groups is 1. The van der Waals surface area contributed by atoms with Crippen LogP contribution in [0.1, 0.15) is 73.2 Å². The summed E-state index contributed by atoms with van der Waals surface area (Å²) in [6, 6.07) is 27.2. The zero-order valence-corrected chi connectivity index (χ0v) is 25.5. The number of aliphatic carboxylic acids is 1. The first-order valence-electron chi connectivity index (χ1n) is 14.0. The van der Waals surface area contributed by atoms with Gasteiger partial charge in [-0.15, -0.1) is 0 Å². The van der Waals surface area contributed by atoms with E-state index < -0.39 is 11.6 Å². The molecule has 0 bridgehead atoms. The van der Waals surface area contributed by atoms with Crippen molar-refractivity contribution in [3.05, 3.63) is 112 Å². The molecule has 1 saturated carbocycles. The Morgan fingerprint density at radius 2 is 1.78 bits per heavy atom. The Bertz CT molecular complexity index is 1500. The van der Waals surface area contributed by atoms with E-state index in [-0.39, 0.29) is 0 Å². The number of aromatic nitrogens is 1. The molecule has 0 unspecified atom stereocenters. The van der Waals surface area contributed by atoms with Crippen LogP contribution in [-0.4, -0.2) is 26.9 Å². The summed E-state index contributed by atoms with van der Waals surface area (Å²) >= 11 is 8.26. The number of carboxylic acid groups (broad SMARTS) is 1. The molecule has 5 rings (SSSR count). The molecule has 1 aromatic heterocycles. The van der Waals surface area contributed by atoms with Crippen molar-refractivity contribution in [2.45, 2.75) is 57.3 Å². The van der Waals surface area contributed by atoms with E-state index in [1.54, 1.807) is 0 Å². The van der Waals surface area contributed by atoms with Gasteiger partial charge in [0.2, 0.25) is 0 Å². The summed E-state index contributed by atoms with van der Waals surface area (Å²) < 4.78 is 0. The van der Waals surface area contributed by atoms with E-state index in [9.17, 15) is 5.11 Å². The van der Waals surface area contributed by atoms with Gasteiger partial charge in [0.25, 0.3) is 5.97 Å². The van der Waals surface area contributed by atoms with Crippen LogP contribution in [0.3, 0.4) is 0 Å². The Morgan fingerprint density at radius 3 is 2.51 bits per heavy atom. The van der Waals surface area contributed by atoms with Crippen LogP contribution in [0.2, 0.25) is 5.02 Å². The van der Waals surface area contributed by atoms with E-state index in [1.807, 2.05) is 44.2 Å². The van der Waals surface area contributed by atoms with Crippen LogP contribution >= 0.6 is 23.4 Å². The lowest BCUT2D eigenvalue weighted by Crippen LogP contribution is -2.18. The Labute approximate surface area is 252 Å². The van der Waals surface area contributed by atoms with Crippen LogP contribution in [0.4, 0.5) is 0 Å². The standard InChI is InChI=1S/C33H34ClNOS.C2H4O2/c1-33(2,36)30-9-4-3-7-25(30)15-19-32(37-22-24-10-11-24)27-8-5-6-23(20-27)12-17-29-18-14-26-13-16-28(34)21-31(26)35-29;1-2(3)4/h3-9,12-14,16-18,20-21,24,32,36H,10-11,15,19,22H2,1-2H3;1H3,(H,3,4)/b17-12+;/t32-;/m0./s1. The molecule has 0 saturated heterocycles. The zero-order valence-electron chi connectivity index (χ0n) is 23.9. The SMILES string of the molecule is CC(=O)O.CC(C)(O)c1ccccc1CC[C@H](SCC1CC1)c1cccc(/C=C/c2ccc3ccc(Cl)cc3n2)c1. The molecule has 4 aromatic rings. The number of aliphatic hydroxyl groups is 1. The molecule has 6 heteroatoms. The van der Waals surface area contributed by atoms with Gasteiger partial charge < -0.3 is 10.2 Å². The summed E-state index contributed by atoms with van der Waals surface area (Å²) in [4.78, 5) is 13.8. The van der Waals surface area contributed by atoms with E-state index in [4.69, 9.17) is 26.5 Å². The second-order valence-corrected chi connectivity index (χ2v) is 12.8. The maximum Gasteiger partial charge on any atom is 0.300 e. The minimum Gasteiger partial charge on any atom is -0.481 e. The number of fused-ring (bicyclic) bond motifs is 1. The number of aryl methyl sites for hydroxylation is 1. The molecule has 0 aliphatic heterocycles. The van der Waals surface area contributed by atoms with Gasteiger partial charge in [0.1, 0.15) is 0 Å². The molecule has 1 atom stereocenters. The van der Waals surface area contributed by atoms with Crippen molar-refractivity contribution in [1.82, 2.24) is 4.98 Å². The van der Waals surface area contributed by atoms with Gasteiger partial charge in [0.15, 0.2) is 0 Å². The third-order valence-corrected chi connectivity index (χ3v) is 8.80. The van der Waals surface area contributed by atoms with Crippen molar-refractivity contribution in [2.75, 3.05) is 5.75 Å². The number of rotatable bonds is 10. The van der Waals surface area contributed by atoms with Gasteiger partial charge in [-0.1, -0.05) is 78.3 Å². The number of thioether (sulfide) groups is 1. The molecule has 2 N–H and O–H groups in total. The second-order valence-electron chi connectivity index (χ2n) is 11.1. The summed E-state index contributed by atoms with van der Waals surface area (Å²) in [7, 11) is 0. The molecule has 214 valence electrons. The lowest BCUT2D eigenvalue weighted by Gasteiger charge is -2.23. The monoisotopic (exact) mass is 587 g/mol. The van der Waals surface area contributed by atoms with Gasteiger partial charge in [-0.05, 0) is 97.7 Å². The fourth-order valence-electron chi connectivity index (χ4n) is 4.75. The molecular weight excluding hydrogens is 550 g/mol. The molecule has 0 spiro atoms. The predicted octanol–water partition coefficient (Wildman–Crippen LogP) is 9.19. The fraction of sp³-hybridized carbons (Fsp3) is 0.314. The molecule has 1 aliphatic rings. The van der Waals surface area contributed by atoms with E-state index in [1.165, 1.54) is 35.3 Å². The van der Waals surface area contributed by atoms with E-state index in [2.05, 4.69) is 72.4 Å². The molecule has 1 aliphatic carbocycles. The van der Waals surface area contributed by atoms with E-state index >= 15 is 0 Å². The van der Waals surface area contributed by atoms with Crippen molar-refractivity contribution in [3.63, 3.8) is 0 Å². The summed E-state index contributed by atoms with van der Waals surface area (Å²) in [6.45, 7) is 4.83. The summed E-state index contributed by atoms with van der Waals surface area (Å²) in [5.41, 5.74) is 5.81.